The SMILES string of the molecule is Cc1ccc(C2(c3ccc(C)cc3)c3ccccc3-c3ccc(N(c4ccc5c(c4)C4(c6ccccc6-5)c5cc(C)ccc5-c5ccc(C)cc54)c4ccc5ccccc5c4)cc32)cc1. The fraction of sp³-hybridized carbons (Fsp3) is 0.0938. The Balaban J connectivity index is 1.10. The molecule has 3 aliphatic carbocycles. The lowest BCUT2D eigenvalue weighted by molar-refractivity contribution is 0.767. The van der Waals surface area contributed by atoms with Crippen LogP contribution in [0.25, 0.3) is 44.2 Å². The van der Waals surface area contributed by atoms with Crippen LogP contribution in [0.1, 0.15) is 66.8 Å². The minimum Gasteiger partial charge on any atom is -0.310 e. The molecule has 65 heavy (non-hydrogen) atoms. The number of fused-ring (bicyclic) bond motifs is 14. The van der Waals surface area contributed by atoms with Gasteiger partial charge in [-0.05, 0) is 153 Å². The minimum atomic E-state index is -0.533. The van der Waals surface area contributed by atoms with Gasteiger partial charge >= 0.3 is 0 Å². The second kappa shape index (κ2) is 13.9. The molecule has 3 aliphatic rings. The summed E-state index contributed by atoms with van der Waals surface area (Å²) in [6.07, 6.45) is 0. The molecule has 0 heterocycles. The number of anilines is 3. The molecule has 0 unspecified atom stereocenters. The zero-order valence-corrected chi connectivity index (χ0v) is 37.2. The standard InChI is InChI=1S/C64H47N/c1-40-17-24-46(25-18-40)63(47-26-19-41(2)20-27-47)57-15-9-7-13-51(57)55-33-29-49(38-61(55)63)65(48-28-23-44-11-5-6-12-45(44)37-48)50-30-34-56-52-14-8-10-16-58(52)64(62(56)39-50)59-35-42(3)21-31-53(59)54-32-22-43(4)36-60(54)64/h5-39H,1-4H3. The van der Waals surface area contributed by atoms with Gasteiger partial charge < -0.3 is 4.90 Å². The minimum absolute atomic E-state index is 0.467. The third-order valence-corrected chi connectivity index (χ3v) is 15.0. The lowest BCUT2D eigenvalue weighted by atomic mass is 9.67. The van der Waals surface area contributed by atoms with Crippen molar-refractivity contribution in [2.24, 2.45) is 0 Å². The van der Waals surface area contributed by atoms with Gasteiger partial charge in [-0.1, -0.05) is 198 Å². The normalized spacial score (nSPS) is 14.1. The molecule has 0 aromatic heterocycles. The molecule has 1 nitrogen and oxygen atoms in total. The van der Waals surface area contributed by atoms with Gasteiger partial charge in [-0.3, -0.25) is 0 Å². The summed E-state index contributed by atoms with van der Waals surface area (Å²) in [7, 11) is 0. The summed E-state index contributed by atoms with van der Waals surface area (Å²) >= 11 is 0. The molecular formula is C64H47N. The maximum absolute atomic E-state index is 2.53. The Morgan fingerprint density at radius 2 is 0.631 bits per heavy atom. The van der Waals surface area contributed by atoms with E-state index in [9.17, 15) is 0 Å². The van der Waals surface area contributed by atoms with Crippen LogP contribution in [-0.4, -0.2) is 0 Å². The smallest absolute Gasteiger partial charge is 0.0726 e. The summed E-state index contributed by atoms with van der Waals surface area (Å²) in [4.78, 5) is 2.52. The molecule has 0 fully saturated rings. The highest BCUT2D eigenvalue weighted by Crippen LogP contribution is 2.64. The van der Waals surface area contributed by atoms with Crippen molar-refractivity contribution in [3.63, 3.8) is 0 Å². The summed E-state index contributed by atoms with van der Waals surface area (Å²) in [6.45, 7) is 8.84. The van der Waals surface area contributed by atoms with Crippen molar-refractivity contribution in [3.8, 4) is 33.4 Å². The van der Waals surface area contributed by atoms with Gasteiger partial charge in [-0.2, -0.15) is 0 Å². The molecule has 0 bridgehead atoms. The average molecular weight is 830 g/mol. The van der Waals surface area contributed by atoms with Crippen LogP contribution < -0.4 is 4.90 Å². The molecule has 0 N–H and O–H groups in total. The molecule has 0 radical (unpaired) electrons. The van der Waals surface area contributed by atoms with E-state index in [0.717, 1.165) is 17.1 Å². The van der Waals surface area contributed by atoms with Gasteiger partial charge in [-0.15, -0.1) is 0 Å². The van der Waals surface area contributed by atoms with E-state index in [-0.39, 0.29) is 0 Å². The van der Waals surface area contributed by atoms with Gasteiger partial charge in [-0.25, -0.2) is 0 Å². The van der Waals surface area contributed by atoms with Crippen molar-refractivity contribution in [3.05, 3.63) is 279 Å². The maximum Gasteiger partial charge on any atom is 0.0726 e. The van der Waals surface area contributed by atoms with Crippen LogP contribution in [-0.2, 0) is 10.8 Å². The Kier molecular flexibility index (Phi) is 8.07. The summed E-state index contributed by atoms with van der Waals surface area (Å²) in [5.74, 6) is 0. The zero-order chi connectivity index (χ0) is 43.6. The lowest BCUT2D eigenvalue weighted by Crippen LogP contribution is -2.29. The molecule has 0 aliphatic heterocycles. The van der Waals surface area contributed by atoms with Crippen molar-refractivity contribution in [1.82, 2.24) is 0 Å². The third-order valence-electron chi connectivity index (χ3n) is 15.0. The van der Waals surface area contributed by atoms with Crippen LogP contribution >= 0.6 is 0 Å². The molecule has 0 amide bonds. The Bertz CT molecular complexity index is 3490. The maximum atomic E-state index is 2.53. The second-order valence-electron chi connectivity index (χ2n) is 18.7. The van der Waals surface area contributed by atoms with Crippen molar-refractivity contribution in [2.45, 2.75) is 38.5 Å². The summed E-state index contributed by atoms with van der Waals surface area (Å²) < 4.78 is 0. The highest BCUT2D eigenvalue weighted by atomic mass is 15.1. The second-order valence-corrected chi connectivity index (χ2v) is 18.7. The monoisotopic (exact) mass is 829 g/mol. The molecule has 308 valence electrons. The van der Waals surface area contributed by atoms with E-state index in [1.54, 1.807) is 0 Å². The first-order valence-electron chi connectivity index (χ1n) is 23.0. The summed E-state index contributed by atoms with van der Waals surface area (Å²) in [5.41, 5.74) is 25.9. The van der Waals surface area contributed by atoms with Gasteiger partial charge in [0.05, 0.1) is 10.8 Å². The molecule has 1 spiro atoms. The quantitative estimate of drug-likeness (QED) is 0.167. The Morgan fingerprint density at radius 1 is 0.262 bits per heavy atom. The number of nitrogens with zero attached hydrogens (tertiary/aromatic N) is 1. The molecule has 1 heteroatoms. The molecule has 10 aromatic carbocycles. The fourth-order valence-electron chi connectivity index (χ4n) is 12.1. The van der Waals surface area contributed by atoms with Gasteiger partial charge in [0.1, 0.15) is 0 Å². The van der Waals surface area contributed by atoms with Crippen LogP contribution in [0.4, 0.5) is 17.1 Å². The number of rotatable bonds is 5. The highest BCUT2D eigenvalue weighted by molar-refractivity contribution is 5.98. The number of benzene rings is 10. The summed E-state index contributed by atoms with van der Waals surface area (Å²) in [6, 6.07) is 81.2. The van der Waals surface area contributed by atoms with Crippen LogP contribution in [0.5, 0.6) is 0 Å². The highest BCUT2D eigenvalue weighted by Gasteiger charge is 2.52. The van der Waals surface area contributed by atoms with E-state index in [1.165, 1.54) is 111 Å². The van der Waals surface area contributed by atoms with Gasteiger partial charge in [0, 0.05) is 17.1 Å². The number of hydrogen-bond donors (Lipinski definition) is 0. The molecule has 0 saturated carbocycles. The Hall–Kier alpha value is -7.74. The van der Waals surface area contributed by atoms with Crippen molar-refractivity contribution >= 4 is 27.8 Å². The van der Waals surface area contributed by atoms with E-state index >= 15 is 0 Å². The Morgan fingerprint density at radius 3 is 1.17 bits per heavy atom. The third kappa shape index (κ3) is 5.21. The van der Waals surface area contributed by atoms with E-state index in [2.05, 4.69) is 245 Å². The van der Waals surface area contributed by atoms with Crippen molar-refractivity contribution in [1.29, 1.82) is 0 Å². The molecule has 0 saturated heterocycles. The van der Waals surface area contributed by atoms with E-state index in [1.807, 2.05) is 0 Å². The largest absolute Gasteiger partial charge is 0.310 e. The first-order valence-corrected chi connectivity index (χ1v) is 23.0. The van der Waals surface area contributed by atoms with Gasteiger partial charge in [0.2, 0.25) is 0 Å². The fourth-order valence-corrected chi connectivity index (χ4v) is 12.1. The van der Waals surface area contributed by atoms with Gasteiger partial charge in [0.25, 0.3) is 0 Å². The topological polar surface area (TPSA) is 3.24 Å². The van der Waals surface area contributed by atoms with Crippen molar-refractivity contribution < 1.29 is 0 Å². The zero-order valence-electron chi connectivity index (χ0n) is 37.2. The molecule has 10 aromatic rings. The number of hydrogen-bond acceptors (Lipinski definition) is 1. The van der Waals surface area contributed by atoms with Crippen LogP contribution in [0.15, 0.2) is 212 Å². The van der Waals surface area contributed by atoms with Crippen LogP contribution in [0.2, 0.25) is 0 Å². The molecule has 13 rings (SSSR count). The predicted octanol–water partition coefficient (Wildman–Crippen LogP) is 16.2. The first-order chi connectivity index (χ1) is 31.8. The molecule has 0 atom stereocenters. The predicted molar refractivity (Wildman–Crippen MR) is 271 cm³/mol. The van der Waals surface area contributed by atoms with Crippen LogP contribution in [0.3, 0.4) is 0 Å². The van der Waals surface area contributed by atoms with Crippen LogP contribution in [0, 0.1) is 27.7 Å². The number of aryl methyl sites for hydroxylation is 4. The summed E-state index contributed by atoms with van der Waals surface area (Å²) in [5, 5.41) is 2.44. The van der Waals surface area contributed by atoms with E-state index in [0.29, 0.717) is 0 Å². The van der Waals surface area contributed by atoms with E-state index < -0.39 is 10.8 Å². The van der Waals surface area contributed by atoms with Gasteiger partial charge in [0.15, 0.2) is 0 Å². The van der Waals surface area contributed by atoms with Crippen molar-refractivity contribution in [2.75, 3.05) is 4.90 Å². The lowest BCUT2D eigenvalue weighted by Gasteiger charge is -2.35. The Labute approximate surface area is 382 Å². The van der Waals surface area contributed by atoms with E-state index in [4.69, 9.17) is 0 Å². The average Bonchev–Trinajstić information content (AvgIpc) is 3.91. The molecular weight excluding hydrogens is 783 g/mol. The first kappa shape index (κ1) is 37.8.